The maximum atomic E-state index is 6.41. The summed E-state index contributed by atoms with van der Waals surface area (Å²) in [5, 5.41) is 0. The van der Waals surface area contributed by atoms with Gasteiger partial charge in [0.1, 0.15) is 6.10 Å². The number of hydrogen-bond acceptors (Lipinski definition) is 6. The van der Waals surface area contributed by atoms with Crippen molar-refractivity contribution in [2.75, 3.05) is 39.5 Å². The zero-order valence-electron chi connectivity index (χ0n) is 12.9. The molecule has 0 saturated carbocycles. The summed E-state index contributed by atoms with van der Waals surface area (Å²) in [6.45, 7) is 9.52. The molecule has 5 heterocycles. The second kappa shape index (κ2) is 5.26. The predicted octanol–water partition coefficient (Wildman–Crippen LogP) is 0.639. The zero-order chi connectivity index (χ0) is 14.5. The molecule has 5 aliphatic heterocycles. The van der Waals surface area contributed by atoms with Crippen molar-refractivity contribution < 1.29 is 22.8 Å². The monoisotopic (exact) mass is 315 g/mol. The summed E-state index contributed by atoms with van der Waals surface area (Å²) < 4.78 is 29.7. The summed E-state index contributed by atoms with van der Waals surface area (Å²) in [5.74, 6) is 0. The first-order valence-corrected chi connectivity index (χ1v) is 9.98. The first kappa shape index (κ1) is 14.6. The van der Waals surface area contributed by atoms with Crippen LogP contribution in [0, 0.1) is 0 Å². The van der Waals surface area contributed by atoms with Crippen LogP contribution < -0.4 is 0 Å². The number of hydrogen-bond donors (Lipinski definition) is 0. The lowest BCUT2D eigenvalue weighted by atomic mass is 10.0. The van der Waals surface area contributed by atoms with Gasteiger partial charge in [0.2, 0.25) is 0 Å². The Morgan fingerprint density at radius 1 is 1.33 bits per heavy atom. The minimum atomic E-state index is -2.53. The van der Waals surface area contributed by atoms with E-state index in [-0.39, 0.29) is 17.8 Å². The van der Waals surface area contributed by atoms with Crippen molar-refractivity contribution in [2.24, 2.45) is 0 Å². The molecule has 6 atom stereocenters. The molecule has 0 N–H and O–H groups in total. The normalized spacial score (nSPS) is 51.1. The van der Waals surface area contributed by atoms with E-state index in [4.69, 9.17) is 22.8 Å². The average Bonchev–Trinajstić information content (AvgIpc) is 3.07. The Balaban J connectivity index is 1.35. The lowest BCUT2D eigenvalue weighted by Crippen LogP contribution is -2.52. The fourth-order valence-electron chi connectivity index (χ4n) is 3.73. The van der Waals surface area contributed by atoms with Gasteiger partial charge in [0.25, 0.3) is 0 Å². The van der Waals surface area contributed by atoms with E-state index in [0.717, 1.165) is 45.3 Å². The maximum absolute atomic E-state index is 6.41. The molecule has 7 heteroatoms. The van der Waals surface area contributed by atoms with Crippen LogP contribution in [0.2, 0.25) is 6.04 Å². The van der Waals surface area contributed by atoms with Crippen molar-refractivity contribution in [3.05, 3.63) is 0 Å². The molecule has 0 aromatic rings. The Labute approximate surface area is 127 Å². The van der Waals surface area contributed by atoms with Gasteiger partial charge in [-0.15, -0.1) is 0 Å². The third kappa shape index (κ3) is 2.93. The van der Waals surface area contributed by atoms with Crippen molar-refractivity contribution in [2.45, 2.75) is 50.2 Å². The number of rotatable bonds is 6. The van der Waals surface area contributed by atoms with E-state index in [1.165, 1.54) is 0 Å². The van der Waals surface area contributed by atoms with Crippen LogP contribution in [0.15, 0.2) is 0 Å². The fourth-order valence-corrected chi connectivity index (χ4v) is 7.15. The summed E-state index contributed by atoms with van der Waals surface area (Å²) in [5.41, 5.74) is -0.172. The Bertz CT molecular complexity index is 409. The van der Waals surface area contributed by atoms with Crippen LogP contribution in [0.3, 0.4) is 0 Å². The largest absolute Gasteiger partial charge is 0.502 e. The van der Waals surface area contributed by atoms with Crippen LogP contribution in [0.1, 0.15) is 20.3 Å². The smallest absolute Gasteiger partial charge is 0.379 e. The summed E-state index contributed by atoms with van der Waals surface area (Å²) in [6.07, 6.45) is 1.62. The van der Waals surface area contributed by atoms with Gasteiger partial charge in [-0.25, -0.2) is 0 Å². The van der Waals surface area contributed by atoms with Crippen molar-refractivity contribution in [1.82, 2.24) is 4.90 Å². The fraction of sp³-hybridized carbons (Fsp3) is 1.00. The molecule has 6 nitrogen and oxygen atoms in total. The number of ether oxygens (including phenoxy) is 2. The first-order valence-electron chi connectivity index (χ1n) is 8.04. The third-order valence-electron chi connectivity index (χ3n) is 4.73. The summed E-state index contributed by atoms with van der Waals surface area (Å²) >= 11 is 0. The molecule has 0 amide bonds. The molecule has 5 fully saturated rings. The Morgan fingerprint density at radius 2 is 2.19 bits per heavy atom. The van der Waals surface area contributed by atoms with Crippen LogP contribution >= 0.6 is 0 Å². The molecule has 0 aromatic carbocycles. The lowest BCUT2D eigenvalue weighted by molar-refractivity contribution is 0.00460. The lowest BCUT2D eigenvalue weighted by Gasteiger charge is -2.35. The predicted molar refractivity (Wildman–Crippen MR) is 77.1 cm³/mol. The average molecular weight is 315 g/mol. The highest BCUT2D eigenvalue weighted by Gasteiger charge is 2.64. The molecule has 5 aliphatic rings. The van der Waals surface area contributed by atoms with Crippen LogP contribution in [-0.2, 0) is 22.8 Å². The van der Waals surface area contributed by atoms with Crippen molar-refractivity contribution in [1.29, 1.82) is 0 Å². The van der Waals surface area contributed by atoms with Gasteiger partial charge in [-0.05, 0) is 20.3 Å². The standard InChI is InChI=1S/C14H25NO5Si/c1-11-6-15-7-13-14(2,10-15)20-21(18-11,19-13)5-3-4-16-8-12-9-17-12/h11-13H,3-10H2,1-2H3. The van der Waals surface area contributed by atoms with E-state index in [2.05, 4.69) is 18.7 Å². The summed E-state index contributed by atoms with van der Waals surface area (Å²) in [6, 6.07) is 0.856. The number of nitrogens with zero attached hydrogens (tertiary/aromatic N) is 1. The molecule has 0 aromatic heterocycles. The molecule has 6 unspecified atom stereocenters. The van der Waals surface area contributed by atoms with E-state index in [1.54, 1.807) is 0 Å². The van der Waals surface area contributed by atoms with E-state index in [0.29, 0.717) is 12.7 Å². The molecule has 5 rings (SSSR count). The van der Waals surface area contributed by atoms with Crippen LogP contribution in [0.4, 0.5) is 0 Å². The molecule has 0 radical (unpaired) electrons. The van der Waals surface area contributed by atoms with Gasteiger partial charge in [0.15, 0.2) is 0 Å². The van der Waals surface area contributed by atoms with Crippen molar-refractivity contribution in [3.8, 4) is 0 Å². The molecule has 5 saturated heterocycles. The highest BCUT2D eigenvalue weighted by atomic mass is 28.4. The van der Waals surface area contributed by atoms with Crippen LogP contribution in [0.25, 0.3) is 0 Å². The number of epoxide rings is 1. The highest BCUT2D eigenvalue weighted by molar-refractivity contribution is 6.61. The molecule has 4 bridgehead atoms. The van der Waals surface area contributed by atoms with Crippen molar-refractivity contribution in [3.63, 3.8) is 0 Å². The van der Waals surface area contributed by atoms with Crippen LogP contribution in [-0.4, -0.2) is 77.1 Å². The van der Waals surface area contributed by atoms with E-state index in [9.17, 15) is 0 Å². The topological polar surface area (TPSA) is 52.7 Å². The second-order valence-electron chi connectivity index (χ2n) is 6.96. The van der Waals surface area contributed by atoms with Gasteiger partial charge in [-0.1, -0.05) is 0 Å². The Morgan fingerprint density at radius 3 is 2.95 bits per heavy atom. The zero-order valence-corrected chi connectivity index (χ0v) is 13.9. The highest BCUT2D eigenvalue weighted by Crippen LogP contribution is 2.44. The number of fused-ring (bicyclic) bond motifs is 2. The summed E-state index contributed by atoms with van der Waals surface area (Å²) in [4.78, 5) is 2.39. The Hall–Kier alpha value is -0.0231. The van der Waals surface area contributed by atoms with Crippen LogP contribution in [0.5, 0.6) is 0 Å². The van der Waals surface area contributed by atoms with E-state index < -0.39 is 8.80 Å². The van der Waals surface area contributed by atoms with E-state index in [1.807, 2.05) is 0 Å². The van der Waals surface area contributed by atoms with Gasteiger partial charge in [0.05, 0.1) is 31.0 Å². The summed E-state index contributed by atoms with van der Waals surface area (Å²) in [7, 11) is -2.53. The maximum Gasteiger partial charge on any atom is 0.502 e. The second-order valence-corrected chi connectivity index (χ2v) is 9.50. The van der Waals surface area contributed by atoms with E-state index >= 15 is 0 Å². The minimum Gasteiger partial charge on any atom is -0.379 e. The first-order chi connectivity index (χ1) is 10.1. The molecule has 21 heavy (non-hydrogen) atoms. The Kier molecular flexibility index (Phi) is 3.65. The molecular formula is C14H25NO5Si. The van der Waals surface area contributed by atoms with Gasteiger partial charge >= 0.3 is 8.80 Å². The molecule has 0 spiro atoms. The van der Waals surface area contributed by atoms with Gasteiger partial charge in [0, 0.05) is 32.3 Å². The molecule has 120 valence electrons. The SMILES string of the molecule is CC1CN2CC3O[Si](CCCOCC4CO4)(O1)OC3(C)C2. The van der Waals surface area contributed by atoms with Gasteiger partial charge in [-0.2, -0.15) is 0 Å². The minimum absolute atomic E-state index is 0.172. The third-order valence-corrected chi connectivity index (χ3v) is 7.88. The van der Waals surface area contributed by atoms with Gasteiger partial charge < -0.3 is 22.8 Å². The van der Waals surface area contributed by atoms with Crippen molar-refractivity contribution >= 4 is 8.80 Å². The quantitative estimate of drug-likeness (QED) is 0.407. The molecular weight excluding hydrogens is 290 g/mol. The van der Waals surface area contributed by atoms with Gasteiger partial charge in [-0.3, -0.25) is 4.90 Å². The molecule has 0 aliphatic carbocycles.